The van der Waals surface area contributed by atoms with Crippen LogP contribution in [0.3, 0.4) is 0 Å². The van der Waals surface area contributed by atoms with Gasteiger partial charge in [0.25, 0.3) is 5.91 Å². The summed E-state index contributed by atoms with van der Waals surface area (Å²) >= 11 is 0. The van der Waals surface area contributed by atoms with Crippen LogP contribution in [-0.2, 0) is 19.4 Å². The third-order valence-electron chi connectivity index (χ3n) is 4.12. The van der Waals surface area contributed by atoms with E-state index < -0.39 is 0 Å². The van der Waals surface area contributed by atoms with Crippen LogP contribution in [0.25, 0.3) is 0 Å². The van der Waals surface area contributed by atoms with Crippen molar-refractivity contribution in [1.29, 1.82) is 0 Å². The molecule has 3 heteroatoms. The number of nitrogens with one attached hydrogen (secondary N) is 2. The minimum Gasteiger partial charge on any atom is -0.322 e. The number of carbonyl (C=O) groups is 1. The predicted molar refractivity (Wildman–Crippen MR) is 90.2 cm³/mol. The molecule has 3 nitrogen and oxygen atoms in total. The number of carbonyl (C=O) groups excluding carboxylic acids is 1. The molecule has 2 N–H and O–H groups in total. The summed E-state index contributed by atoms with van der Waals surface area (Å²) in [4.78, 5) is 12.4. The first-order valence-corrected chi connectivity index (χ1v) is 7.99. The number of benzene rings is 2. The molecular weight excluding hydrogens is 272 g/mol. The van der Waals surface area contributed by atoms with E-state index in [9.17, 15) is 4.79 Å². The molecule has 1 aliphatic rings. The maximum absolute atomic E-state index is 12.4. The SMILES string of the molecule is CCNCc1cccc(NC(=O)c2ccc3c(c2)CCC3)c1. The number of fused-ring (bicyclic) bond motifs is 1. The molecule has 22 heavy (non-hydrogen) atoms. The first-order valence-electron chi connectivity index (χ1n) is 7.99. The standard InChI is InChI=1S/C19H22N2O/c1-2-20-13-14-5-3-8-18(11-14)21-19(22)17-10-9-15-6-4-7-16(15)12-17/h3,5,8-12,20H,2,4,6-7,13H2,1H3,(H,21,22). The van der Waals surface area contributed by atoms with Gasteiger partial charge >= 0.3 is 0 Å². The van der Waals surface area contributed by atoms with E-state index in [-0.39, 0.29) is 5.91 Å². The highest BCUT2D eigenvalue weighted by atomic mass is 16.1. The van der Waals surface area contributed by atoms with Crippen molar-refractivity contribution in [3.63, 3.8) is 0 Å². The monoisotopic (exact) mass is 294 g/mol. The Kier molecular flexibility index (Phi) is 4.54. The molecule has 1 aliphatic carbocycles. The van der Waals surface area contributed by atoms with Gasteiger partial charge in [0.05, 0.1) is 0 Å². The average Bonchev–Trinajstić information content (AvgIpc) is 3.00. The van der Waals surface area contributed by atoms with Gasteiger partial charge in [-0.15, -0.1) is 0 Å². The second-order valence-corrected chi connectivity index (χ2v) is 5.77. The quantitative estimate of drug-likeness (QED) is 0.885. The lowest BCUT2D eigenvalue weighted by Crippen LogP contribution is -2.14. The lowest BCUT2D eigenvalue weighted by molar-refractivity contribution is 0.102. The highest BCUT2D eigenvalue weighted by molar-refractivity contribution is 6.04. The maximum Gasteiger partial charge on any atom is 0.255 e. The van der Waals surface area contributed by atoms with Crippen molar-refractivity contribution < 1.29 is 4.79 Å². The minimum absolute atomic E-state index is 0.0321. The molecule has 0 heterocycles. The second kappa shape index (κ2) is 6.75. The van der Waals surface area contributed by atoms with E-state index in [1.54, 1.807) is 0 Å². The summed E-state index contributed by atoms with van der Waals surface area (Å²) in [7, 11) is 0. The van der Waals surface area contributed by atoms with Crippen molar-refractivity contribution >= 4 is 11.6 Å². The molecule has 0 fully saturated rings. The number of hydrogen-bond donors (Lipinski definition) is 2. The summed E-state index contributed by atoms with van der Waals surface area (Å²) in [5.74, 6) is -0.0321. The number of hydrogen-bond acceptors (Lipinski definition) is 2. The van der Waals surface area contributed by atoms with Crippen LogP contribution in [0.5, 0.6) is 0 Å². The molecule has 114 valence electrons. The molecule has 2 aromatic rings. The highest BCUT2D eigenvalue weighted by Crippen LogP contribution is 2.23. The van der Waals surface area contributed by atoms with Crippen LogP contribution in [0.1, 0.15) is 40.4 Å². The normalized spacial score (nSPS) is 13.0. The number of aryl methyl sites for hydroxylation is 2. The van der Waals surface area contributed by atoms with Gasteiger partial charge in [-0.25, -0.2) is 0 Å². The molecule has 3 rings (SSSR count). The Morgan fingerprint density at radius 3 is 2.82 bits per heavy atom. The van der Waals surface area contributed by atoms with Crippen LogP contribution < -0.4 is 10.6 Å². The van der Waals surface area contributed by atoms with E-state index >= 15 is 0 Å². The molecule has 0 atom stereocenters. The fourth-order valence-electron chi connectivity index (χ4n) is 2.94. The van der Waals surface area contributed by atoms with Crippen LogP contribution in [-0.4, -0.2) is 12.5 Å². The van der Waals surface area contributed by atoms with Gasteiger partial charge in [-0.3, -0.25) is 4.79 Å². The Bertz CT molecular complexity index is 679. The summed E-state index contributed by atoms with van der Waals surface area (Å²) in [6.07, 6.45) is 3.44. The zero-order valence-electron chi connectivity index (χ0n) is 13.0. The van der Waals surface area contributed by atoms with Crippen LogP contribution >= 0.6 is 0 Å². The van der Waals surface area contributed by atoms with Crippen LogP contribution in [0.4, 0.5) is 5.69 Å². The van der Waals surface area contributed by atoms with E-state index in [1.165, 1.54) is 23.1 Å². The van der Waals surface area contributed by atoms with Crippen molar-refractivity contribution in [2.24, 2.45) is 0 Å². The topological polar surface area (TPSA) is 41.1 Å². The lowest BCUT2D eigenvalue weighted by Gasteiger charge is -2.09. The van der Waals surface area contributed by atoms with E-state index in [1.807, 2.05) is 30.3 Å². The van der Waals surface area contributed by atoms with E-state index in [2.05, 4.69) is 29.7 Å². The Balaban J connectivity index is 1.71. The predicted octanol–water partition coefficient (Wildman–Crippen LogP) is 3.54. The van der Waals surface area contributed by atoms with Crippen molar-refractivity contribution in [1.82, 2.24) is 5.32 Å². The van der Waals surface area contributed by atoms with Gasteiger partial charge in [-0.1, -0.05) is 25.1 Å². The van der Waals surface area contributed by atoms with Crippen molar-refractivity contribution in [2.75, 3.05) is 11.9 Å². The van der Waals surface area contributed by atoms with Gasteiger partial charge in [0, 0.05) is 17.8 Å². The van der Waals surface area contributed by atoms with Gasteiger partial charge in [0.2, 0.25) is 0 Å². The Morgan fingerprint density at radius 2 is 1.95 bits per heavy atom. The van der Waals surface area contributed by atoms with Crippen molar-refractivity contribution in [2.45, 2.75) is 32.7 Å². The van der Waals surface area contributed by atoms with Gasteiger partial charge in [-0.2, -0.15) is 0 Å². The molecule has 0 aromatic heterocycles. The third kappa shape index (κ3) is 3.37. The molecule has 0 aliphatic heterocycles. The molecule has 0 unspecified atom stereocenters. The largest absolute Gasteiger partial charge is 0.322 e. The fourth-order valence-corrected chi connectivity index (χ4v) is 2.94. The maximum atomic E-state index is 12.4. The number of amides is 1. The number of anilines is 1. The molecule has 0 saturated carbocycles. The molecule has 0 radical (unpaired) electrons. The molecule has 0 spiro atoms. The summed E-state index contributed by atoms with van der Waals surface area (Å²) in [6, 6.07) is 14.1. The summed E-state index contributed by atoms with van der Waals surface area (Å²) in [6.45, 7) is 3.84. The molecule has 2 aromatic carbocycles. The highest BCUT2D eigenvalue weighted by Gasteiger charge is 2.14. The summed E-state index contributed by atoms with van der Waals surface area (Å²) in [5, 5.41) is 6.29. The fraction of sp³-hybridized carbons (Fsp3) is 0.316. The van der Waals surface area contributed by atoms with Crippen LogP contribution in [0, 0.1) is 0 Å². The number of rotatable bonds is 5. The molecule has 0 saturated heterocycles. The second-order valence-electron chi connectivity index (χ2n) is 5.77. The lowest BCUT2D eigenvalue weighted by atomic mass is 10.1. The van der Waals surface area contributed by atoms with E-state index in [0.717, 1.165) is 37.2 Å². The van der Waals surface area contributed by atoms with Crippen molar-refractivity contribution in [3.05, 3.63) is 64.7 Å². The third-order valence-corrected chi connectivity index (χ3v) is 4.12. The molecule has 1 amide bonds. The van der Waals surface area contributed by atoms with Gasteiger partial charge in [0.15, 0.2) is 0 Å². The average molecular weight is 294 g/mol. The van der Waals surface area contributed by atoms with Gasteiger partial charge in [0.1, 0.15) is 0 Å². The Hall–Kier alpha value is -2.13. The van der Waals surface area contributed by atoms with Gasteiger partial charge < -0.3 is 10.6 Å². The Morgan fingerprint density at radius 1 is 1.09 bits per heavy atom. The van der Waals surface area contributed by atoms with Crippen molar-refractivity contribution in [3.8, 4) is 0 Å². The van der Waals surface area contributed by atoms with E-state index in [4.69, 9.17) is 0 Å². The molecule has 0 bridgehead atoms. The van der Waals surface area contributed by atoms with Crippen LogP contribution in [0.2, 0.25) is 0 Å². The summed E-state index contributed by atoms with van der Waals surface area (Å²) in [5.41, 5.74) is 5.49. The van der Waals surface area contributed by atoms with E-state index in [0.29, 0.717) is 0 Å². The zero-order valence-corrected chi connectivity index (χ0v) is 13.0. The smallest absolute Gasteiger partial charge is 0.255 e. The first kappa shape index (κ1) is 14.8. The Labute approximate surface area is 131 Å². The van der Waals surface area contributed by atoms with Crippen LogP contribution in [0.15, 0.2) is 42.5 Å². The minimum atomic E-state index is -0.0321. The van der Waals surface area contributed by atoms with Gasteiger partial charge in [-0.05, 0) is 66.8 Å². The first-order chi connectivity index (χ1) is 10.8. The summed E-state index contributed by atoms with van der Waals surface area (Å²) < 4.78 is 0. The zero-order chi connectivity index (χ0) is 15.4. The molecular formula is C19H22N2O.